The number of nitrogens with two attached hydrogens (primary N) is 1. The zero-order valence-corrected chi connectivity index (χ0v) is 12.1. The molecular formula is C13H20N2O3S. The standard InChI is InChI=1S/C13H20N2O3S/c1-3-11-4-5-12(8-13(11)14)19(16,17)15-6-7-18-10(2)9-15/h4-5,8,10H,3,6-7,9,14H2,1-2H3. The molecule has 19 heavy (non-hydrogen) atoms. The molecule has 2 N–H and O–H groups in total. The molecule has 0 aliphatic carbocycles. The largest absolute Gasteiger partial charge is 0.398 e. The van der Waals surface area contributed by atoms with Gasteiger partial charge in [0.15, 0.2) is 0 Å². The highest BCUT2D eigenvalue weighted by Gasteiger charge is 2.29. The third-order valence-electron chi connectivity index (χ3n) is 3.34. The first-order valence-electron chi connectivity index (χ1n) is 6.45. The second kappa shape index (κ2) is 5.48. The Morgan fingerprint density at radius 2 is 2.21 bits per heavy atom. The van der Waals surface area contributed by atoms with Crippen LogP contribution in [0.15, 0.2) is 23.1 Å². The number of morpholine rings is 1. The van der Waals surface area contributed by atoms with E-state index in [2.05, 4.69) is 0 Å². The maximum atomic E-state index is 12.5. The van der Waals surface area contributed by atoms with Gasteiger partial charge < -0.3 is 10.5 Å². The Balaban J connectivity index is 2.31. The number of nitrogen functional groups attached to an aromatic ring is 1. The molecule has 0 amide bonds. The lowest BCUT2D eigenvalue weighted by atomic mass is 10.1. The van der Waals surface area contributed by atoms with Crippen LogP contribution in [0.2, 0.25) is 0 Å². The van der Waals surface area contributed by atoms with Crippen LogP contribution < -0.4 is 5.73 Å². The quantitative estimate of drug-likeness (QED) is 0.848. The Morgan fingerprint density at radius 3 is 2.79 bits per heavy atom. The zero-order chi connectivity index (χ0) is 14.0. The van der Waals surface area contributed by atoms with Crippen LogP contribution in [0.1, 0.15) is 19.4 Å². The molecule has 0 saturated carbocycles. The summed E-state index contributed by atoms with van der Waals surface area (Å²) in [5.74, 6) is 0. The summed E-state index contributed by atoms with van der Waals surface area (Å²) < 4.78 is 31.8. The molecule has 0 radical (unpaired) electrons. The Bertz CT molecular complexity index is 557. The second-order valence-electron chi connectivity index (χ2n) is 4.76. The lowest BCUT2D eigenvalue weighted by molar-refractivity contribution is 0.0102. The van der Waals surface area contributed by atoms with E-state index in [9.17, 15) is 8.42 Å². The van der Waals surface area contributed by atoms with Crippen LogP contribution in [0.25, 0.3) is 0 Å². The molecule has 0 aromatic heterocycles. The smallest absolute Gasteiger partial charge is 0.243 e. The minimum absolute atomic E-state index is 0.0733. The number of hydrogen-bond donors (Lipinski definition) is 1. The molecule has 2 rings (SSSR count). The molecule has 1 atom stereocenters. The van der Waals surface area contributed by atoms with Crippen LogP contribution in [-0.4, -0.2) is 38.5 Å². The summed E-state index contributed by atoms with van der Waals surface area (Å²) in [6.45, 7) is 5.07. The highest BCUT2D eigenvalue weighted by atomic mass is 32.2. The van der Waals surface area contributed by atoms with E-state index >= 15 is 0 Å². The van der Waals surface area contributed by atoms with Gasteiger partial charge in [0.25, 0.3) is 0 Å². The first kappa shape index (κ1) is 14.3. The molecule has 1 aliphatic rings. The molecule has 1 heterocycles. The maximum absolute atomic E-state index is 12.5. The number of ether oxygens (including phenoxy) is 1. The van der Waals surface area contributed by atoms with Crippen molar-refractivity contribution in [2.45, 2.75) is 31.3 Å². The van der Waals surface area contributed by atoms with E-state index in [1.165, 1.54) is 4.31 Å². The maximum Gasteiger partial charge on any atom is 0.243 e. The van der Waals surface area contributed by atoms with Crippen LogP contribution in [0.5, 0.6) is 0 Å². The number of hydrogen-bond acceptors (Lipinski definition) is 4. The molecule has 0 spiro atoms. The predicted molar refractivity (Wildman–Crippen MR) is 74.4 cm³/mol. The van der Waals surface area contributed by atoms with E-state index in [-0.39, 0.29) is 11.0 Å². The van der Waals surface area contributed by atoms with Crippen molar-refractivity contribution in [3.63, 3.8) is 0 Å². The molecule has 1 fully saturated rings. The third kappa shape index (κ3) is 2.91. The summed E-state index contributed by atoms with van der Waals surface area (Å²) in [4.78, 5) is 0.260. The van der Waals surface area contributed by atoms with Crippen LogP contribution in [0, 0.1) is 0 Å². The van der Waals surface area contributed by atoms with Gasteiger partial charge in [-0.25, -0.2) is 8.42 Å². The van der Waals surface area contributed by atoms with Crippen LogP contribution in [0.4, 0.5) is 5.69 Å². The molecule has 1 aromatic rings. The summed E-state index contributed by atoms with van der Waals surface area (Å²) in [5, 5.41) is 0. The van der Waals surface area contributed by atoms with E-state index < -0.39 is 10.0 Å². The van der Waals surface area contributed by atoms with Gasteiger partial charge in [-0.15, -0.1) is 0 Å². The fraction of sp³-hybridized carbons (Fsp3) is 0.538. The minimum atomic E-state index is -3.47. The van der Waals surface area contributed by atoms with Gasteiger partial charge in [-0.2, -0.15) is 4.31 Å². The monoisotopic (exact) mass is 284 g/mol. The van der Waals surface area contributed by atoms with Gasteiger partial charge in [0.1, 0.15) is 0 Å². The van der Waals surface area contributed by atoms with Gasteiger partial charge in [-0.05, 0) is 31.0 Å². The molecule has 1 aliphatic heterocycles. The molecule has 6 heteroatoms. The van der Waals surface area contributed by atoms with Crippen molar-refractivity contribution in [2.75, 3.05) is 25.4 Å². The van der Waals surface area contributed by atoms with Gasteiger partial charge >= 0.3 is 0 Å². The summed E-state index contributed by atoms with van der Waals surface area (Å²) in [7, 11) is -3.47. The van der Waals surface area contributed by atoms with Crippen molar-refractivity contribution in [1.82, 2.24) is 4.31 Å². The van der Waals surface area contributed by atoms with Gasteiger partial charge in [-0.3, -0.25) is 0 Å². The molecular weight excluding hydrogens is 264 g/mol. The Labute approximate surface area is 114 Å². The second-order valence-corrected chi connectivity index (χ2v) is 6.70. The summed E-state index contributed by atoms with van der Waals surface area (Å²) in [6, 6.07) is 4.96. The first-order valence-corrected chi connectivity index (χ1v) is 7.89. The van der Waals surface area contributed by atoms with Crippen molar-refractivity contribution in [2.24, 2.45) is 0 Å². The predicted octanol–water partition coefficient (Wildman–Crippen LogP) is 1.24. The van der Waals surface area contributed by atoms with Crippen LogP contribution >= 0.6 is 0 Å². The average Bonchev–Trinajstić information content (AvgIpc) is 2.38. The molecule has 106 valence electrons. The number of aryl methyl sites for hydroxylation is 1. The number of sulfonamides is 1. The molecule has 1 unspecified atom stereocenters. The summed E-state index contributed by atoms with van der Waals surface area (Å²) >= 11 is 0. The average molecular weight is 284 g/mol. The molecule has 1 aromatic carbocycles. The van der Waals surface area contributed by atoms with E-state index in [0.29, 0.717) is 25.4 Å². The number of benzene rings is 1. The first-order chi connectivity index (χ1) is 8.95. The number of rotatable bonds is 3. The van der Waals surface area contributed by atoms with E-state index in [1.54, 1.807) is 18.2 Å². The number of nitrogens with zero attached hydrogens (tertiary/aromatic N) is 1. The van der Waals surface area contributed by atoms with E-state index in [4.69, 9.17) is 10.5 Å². The van der Waals surface area contributed by atoms with Crippen LogP contribution in [-0.2, 0) is 21.2 Å². The van der Waals surface area contributed by atoms with Gasteiger partial charge in [-0.1, -0.05) is 13.0 Å². The van der Waals surface area contributed by atoms with Crippen molar-refractivity contribution in [1.29, 1.82) is 0 Å². The van der Waals surface area contributed by atoms with Crippen molar-refractivity contribution < 1.29 is 13.2 Å². The fourth-order valence-electron chi connectivity index (χ4n) is 2.21. The summed E-state index contributed by atoms with van der Waals surface area (Å²) in [5.41, 5.74) is 7.38. The molecule has 1 saturated heterocycles. The summed E-state index contributed by atoms with van der Waals surface area (Å²) in [6.07, 6.45) is 0.719. The molecule has 0 bridgehead atoms. The van der Waals surface area contributed by atoms with Crippen LogP contribution in [0.3, 0.4) is 0 Å². The lowest BCUT2D eigenvalue weighted by Gasteiger charge is -2.30. The van der Waals surface area contributed by atoms with Crippen molar-refractivity contribution >= 4 is 15.7 Å². The zero-order valence-electron chi connectivity index (χ0n) is 11.3. The minimum Gasteiger partial charge on any atom is -0.398 e. The van der Waals surface area contributed by atoms with Crippen molar-refractivity contribution in [3.8, 4) is 0 Å². The molecule has 5 nitrogen and oxygen atoms in total. The fourth-order valence-corrected chi connectivity index (χ4v) is 3.74. The Kier molecular flexibility index (Phi) is 4.13. The topological polar surface area (TPSA) is 72.6 Å². The van der Waals surface area contributed by atoms with Gasteiger partial charge in [0.05, 0.1) is 17.6 Å². The van der Waals surface area contributed by atoms with E-state index in [0.717, 1.165) is 12.0 Å². The van der Waals surface area contributed by atoms with E-state index in [1.807, 2.05) is 13.8 Å². The third-order valence-corrected chi connectivity index (χ3v) is 5.20. The normalized spacial score (nSPS) is 21.5. The highest BCUT2D eigenvalue weighted by molar-refractivity contribution is 7.89. The number of anilines is 1. The SMILES string of the molecule is CCc1ccc(S(=O)(=O)N2CCOC(C)C2)cc1N. The van der Waals surface area contributed by atoms with Gasteiger partial charge in [0, 0.05) is 18.8 Å². The lowest BCUT2D eigenvalue weighted by Crippen LogP contribution is -2.44. The Hall–Kier alpha value is -1.11. The van der Waals surface area contributed by atoms with Gasteiger partial charge in [0.2, 0.25) is 10.0 Å². The highest BCUT2D eigenvalue weighted by Crippen LogP contribution is 2.23. The van der Waals surface area contributed by atoms with Crippen molar-refractivity contribution in [3.05, 3.63) is 23.8 Å². The Morgan fingerprint density at radius 1 is 1.47 bits per heavy atom.